The Morgan fingerprint density at radius 2 is 2.15 bits per heavy atom. The van der Waals surface area contributed by atoms with Crippen LogP contribution in [0.15, 0.2) is 23.0 Å². The Kier molecular flexibility index (Phi) is 4.96. The number of aryl methyl sites for hydroxylation is 2. The van der Waals surface area contributed by atoms with E-state index in [9.17, 15) is 18.4 Å². The first-order valence-corrected chi connectivity index (χ1v) is 10.3. The normalized spacial score (nSPS) is 13.1. The number of thioether (sulfide) groups is 1. The van der Waals surface area contributed by atoms with Gasteiger partial charge in [-0.3, -0.25) is 9.59 Å². The highest BCUT2D eigenvalue weighted by atomic mass is 32.2. The van der Waals surface area contributed by atoms with E-state index in [-0.39, 0.29) is 22.9 Å². The Bertz CT molecular complexity index is 1090. The van der Waals surface area contributed by atoms with Gasteiger partial charge in [-0.15, -0.1) is 23.1 Å². The van der Waals surface area contributed by atoms with Gasteiger partial charge in [0.05, 0.1) is 16.9 Å². The molecule has 0 saturated heterocycles. The van der Waals surface area contributed by atoms with Gasteiger partial charge < -0.3 is 10.3 Å². The number of H-pyrrole nitrogens is 1. The fraction of sp³-hybridized carbons (Fsp3) is 0.278. The Morgan fingerprint density at radius 1 is 1.30 bits per heavy atom. The minimum atomic E-state index is -1.02. The second kappa shape index (κ2) is 7.40. The molecule has 2 N–H and O–H groups in total. The zero-order valence-corrected chi connectivity index (χ0v) is 15.7. The molecule has 0 atom stereocenters. The number of rotatable bonds is 5. The molecular formula is C18H15F2N3O2S2. The highest BCUT2D eigenvalue weighted by Gasteiger charge is 2.21. The lowest BCUT2D eigenvalue weighted by atomic mass is 10.2. The van der Waals surface area contributed by atoms with Crippen molar-refractivity contribution in [2.24, 2.45) is 0 Å². The lowest BCUT2D eigenvalue weighted by molar-refractivity contribution is -0.113. The molecule has 140 valence electrons. The topological polar surface area (TPSA) is 74.8 Å². The van der Waals surface area contributed by atoms with E-state index >= 15 is 0 Å². The average molecular weight is 407 g/mol. The molecule has 0 aliphatic heterocycles. The SMILES string of the molecule is O=C(CSCc1nc2sc3c(c2c(=O)[nH]1)CCC3)Nc1ccc(F)c(F)c1. The minimum Gasteiger partial charge on any atom is -0.325 e. The molecule has 2 heterocycles. The van der Waals surface area contributed by atoms with E-state index < -0.39 is 11.6 Å². The van der Waals surface area contributed by atoms with Crippen molar-refractivity contribution in [3.05, 3.63) is 56.5 Å². The minimum absolute atomic E-state index is 0.0989. The van der Waals surface area contributed by atoms with Crippen LogP contribution in [0.3, 0.4) is 0 Å². The molecule has 0 spiro atoms. The standard InChI is InChI=1S/C18H15F2N3O2S2/c19-11-5-4-9(6-12(11)20)21-15(24)8-26-7-14-22-17(25)16-10-2-1-3-13(10)27-18(16)23-14/h4-6H,1-3,7-8H2,(H,21,24)(H,22,23,25). The first-order chi connectivity index (χ1) is 13.0. The first-order valence-electron chi connectivity index (χ1n) is 8.37. The molecule has 1 aromatic carbocycles. The van der Waals surface area contributed by atoms with Gasteiger partial charge in [0.15, 0.2) is 11.6 Å². The number of halogens is 2. The van der Waals surface area contributed by atoms with Gasteiger partial charge in [-0.1, -0.05) is 0 Å². The summed E-state index contributed by atoms with van der Waals surface area (Å²) in [5.41, 5.74) is 1.20. The summed E-state index contributed by atoms with van der Waals surface area (Å²) in [6.45, 7) is 0. The van der Waals surface area contributed by atoms with E-state index in [0.717, 1.165) is 41.8 Å². The second-order valence-electron chi connectivity index (χ2n) is 6.22. The molecule has 5 nitrogen and oxygen atoms in total. The van der Waals surface area contributed by atoms with Gasteiger partial charge in [0.1, 0.15) is 10.7 Å². The molecule has 4 rings (SSSR count). The number of benzene rings is 1. The van der Waals surface area contributed by atoms with E-state index in [0.29, 0.717) is 17.0 Å². The number of aromatic nitrogens is 2. The lowest BCUT2D eigenvalue weighted by Crippen LogP contribution is -2.15. The molecule has 1 amide bonds. The third-order valence-electron chi connectivity index (χ3n) is 4.30. The number of nitrogens with one attached hydrogen (secondary N) is 2. The number of fused-ring (bicyclic) bond motifs is 3. The fourth-order valence-corrected chi connectivity index (χ4v) is 5.10. The van der Waals surface area contributed by atoms with E-state index in [1.54, 1.807) is 11.3 Å². The van der Waals surface area contributed by atoms with Crippen molar-refractivity contribution in [2.75, 3.05) is 11.1 Å². The van der Waals surface area contributed by atoms with Crippen LogP contribution in [-0.2, 0) is 23.4 Å². The summed E-state index contributed by atoms with van der Waals surface area (Å²) in [6.07, 6.45) is 3.02. The van der Waals surface area contributed by atoms with Gasteiger partial charge in [0.25, 0.3) is 5.56 Å². The van der Waals surface area contributed by atoms with Gasteiger partial charge in [-0.25, -0.2) is 13.8 Å². The van der Waals surface area contributed by atoms with Crippen LogP contribution in [-0.4, -0.2) is 21.6 Å². The summed E-state index contributed by atoms with van der Waals surface area (Å²) < 4.78 is 26.1. The summed E-state index contributed by atoms with van der Waals surface area (Å²) >= 11 is 2.85. The van der Waals surface area contributed by atoms with E-state index in [2.05, 4.69) is 15.3 Å². The maximum atomic E-state index is 13.2. The third-order valence-corrected chi connectivity index (χ3v) is 6.43. The highest BCUT2D eigenvalue weighted by Crippen LogP contribution is 2.34. The molecule has 0 radical (unpaired) electrons. The summed E-state index contributed by atoms with van der Waals surface area (Å²) in [5, 5.41) is 3.21. The monoisotopic (exact) mass is 407 g/mol. The molecule has 1 aliphatic rings. The lowest BCUT2D eigenvalue weighted by Gasteiger charge is -2.06. The number of carbonyl (C=O) groups excluding carboxylic acids is 1. The van der Waals surface area contributed by atoms with Gasteiger partial charge in [-0.05, 0) is 37.0 Å². The van der Waals surface area contributed by atoms with E-state index in [1.807, 2.05) is 0 Å². The highest BCUT2D eigenvalue weighted by molar-refractivity contribution is 7.99. The molecule has 0 fully saturated rings. The first kappa shape index (κ1) is 18.1. The van der Waals surface area contributed by atoms with Crippen LogP contribution in [0.4, 0.5) is 14.5 Å². The van der Waals surface area contributed by atoms with Crippen molar-refractivity contribution in [1.82, 2.24) is 9.97 Å². The summed E-state index contributed by atoms with van der Waals surface area (Å²) in [7, 11) is 0. The predicted molar refractivity (Wildman–Crippen MR) is 103 cm³/mol. The molecule has 0 unspecified atom stereocenters. The fourth-order valence-electron chi connectivity index (χ4n) is 3.13. The molecule has 27 heavy (non-hydrogen) atoms. The van der Waals surface area contributed by atoms with Crippen molar-refractivity contribution in [3.8, 4) is 0 Å². The number of thiophene rings is 1. The van der Waals surface area contributed by atoms with Crippen molar-refractivity contribution >= 4 is 44.9 Å². The largest absolute Gasteiger partial charge is 0.325 e. The number of anilines is 1. The van der Waals surface area contributed by atoms with E-state index in [4.69, 9.17) is 0 Å². The Morgan fingerprint density at radius 3 is 2.96 bits per heavy atom. The Labute approximate surface area is 161 Å². The summed E-state index contributed by atoms with van der Waals surface area (Å²) in [4.78, 5) is 33.6. The molecule has 2 aromatic heterocycles. The number of amides is 1. The zero-order valence-electron chi connectivity index (χ0n) is 14.1. The predicted octanol–water partition coefficient (Wildman–Crippen LogP) is 3.62. The van der Waals surface area contributed by atoms with Gasteiger partial charge >= 0.3 is 0 Å². The molecule has 1 aliphatic carbocycles. The number of aromatic amines is 1. The van der Waals surface area contributed by atoms with Gasteiger partial charge in [0, 0.05) is 16.6 Å². The Hall–Kier alpha value is -2.26. The molecule has 0 saturated carbocycles. The Balaban J connectivity index is 1.38. The third kappa shape index (κ3) is 3.74. The van der Waals surface area contributed by atoms with Crippen LogP contribution in [0, 0.1) is 11.6 Å². The van der Waals surface area contributed by atoms with Crippen LogP contribution < -0.4 is 10.9 Å². The zero-order chi connectivity index (χ0) is 19.0. The average Bonchev–Trinajstić information content (AvgIpc) is 3.18. The van der Waals surface area contributed by atoms with Crippen LogP contribution in [0.25, 0.3) is 10.2 Å². The summed E-state index contributed by atoms with van der Waals surface area (Å²) in [6, 6.07) is 3.19. The maximum Gasteiger partial charge on any atom is 0.259 e. The van der Waals surface area contributed by atoms with Crippen LogP contribution in [0.5, 0.6) is 0 Å². The van der Waals surface area contributed by atoms with Gasteiger partial charge in [-0.2, -0.15) is 0 Å². The smallest absolute Gasteiger partial charge is 0.259 e. The summed E-state index contributed by atoms with van der Waals surface area (Å²) in [5.74, 6) is -1.33. The molecule has 3 aromatic rings. The number of hydrogen-bond donors (Lipinski definition) is 2. The van der Waals surface area contributed by atoms with Crippen molar-refractivity contribution in [3.63, 3.8) is 0 Å². The number of nitrogens with zero attached hydrogens (tertiary/aromatic N) is 1. The van der Waals surface area contributed by atoms with Crippen molar-refractivity contribution < 1.29 is 13.6 Å². The second-order valence-corrected chi connectivity index (χ2v) is 8.29. The number of hydrogen-bond acceptors (Lipinski definition) is 5. The molecule has 9 heteroatoms. The van der Waals surface area contributed by atoms with Crippen LogP contribution in [0.2, 0.25) is 0 Å². The maximum absolute atomic E-state index is 13.2. The van der Waals surface area contributed by atoms with Crippen molar-refractivity contribution in [2.45, 2.75) is 25.0 Å². The van der Waals surface area contributed by atoms with E-state index in [1.165, 1.54) is 22.7 Å². The molecule has 0 bridgehead atoms. The van der Waals surface area contributed by atoms with Crippen molar-refractivity contribution in [1.29, 1.82) is 0 Å². The van der Waals surface area contributed by atoms with Crippen LogP contribution in [0.1, 0.15) is 22.7 Å². The molecular weight excluding hydrogens is 392 g/mol. The van der Waals surface area contributed by atoms with Gasteiger partial charge in [0.2, 0.25) is 5.91 Å². The van der Waals surface area contributed by atoms with Crippen LogP contribution >= 0.6 is 23.1 Å². The quantitative estimate of drug-likeness (QED) is 0.677. The number of carbonyl (C=O) groups is 1.